The van der Waals surface area contributed by atoms with Crippen LogP contribution in [-0.2, 0) is 6.42 Å². The summed E-state index contributed by atoms with van der Waals surface area (Å²) < 4.78 is 0. The molecule has 2 heteroatoms. The van der Waals surface area contributed by atoms with E-state index in [4.69, 9.17) is 0 Å². The van der Waals surface area contributed by atoms with E-state index in [-0.39, 0.29) is 0 Å². The van der Waals surface area contributed by atoms with Crippen LogP contribution in [0.4, 0.5) is 5.69 Å². The molecule has 0 aromatic heterocycles. The monoisotopic (exact) mass is 336 g/mol. The fourth-order valence-corrected chi connectivity index (χ4v) is 2.85. The van der Waals surface area contributed by atoms with E-state index in [2.05, 4.69) is 87.7 Å². The molecule has 0 radical (unpaired) electrons. The van der Waals surface area contributed by atoms with E-state index < -0.39 is 0 Å². The molecule has 0 amide bonds. The summed E-state index contributed by atoms with van der Waals surface area (Å²) in [6.07, 6.45) is 4.87. The van der Waals surface area contributed by atoms with Gasteiger partial charge in [0.15, 0.2) is 0 Å². The zero-order chi connectivity index (χ0) is 18.8. The van der Waals surface area contributed by atoms with Crippen molar-refractivity contribution in [2.75, 3.05) is 26.0 Å². The van der Waals surface area contributed by atoms with E-state index in [1.807, 2.05) is 25.3 Å². The predicted octanol–water partition coefficient (Wildman–Crippen LogP) is 5.57. The molecule has 0 spiro atoms. The normalized spacial score (nSPS) is 11.1. The molecule has 0 fully saturated rings. The Morgan fingerprint density at radius 2 is 1.60 bits per heavy atom. The Morgan fingerprint density at radius 3 is 2.12 bits per heavy atom. The highest BCUT2D eigenvalue weighted by atomic mass is 15.1. The lowest BCUT2D eigenvalue weighted by molar-refractivity contribution is 0.651. The Bertz CT molecular complexity index is 686. The van der Waals surface area contributed by atoms with Crippen LogP contribution in [0.25, 0.3) is 12.2 Å². The Labute approximate surface area is 153 Å². The van der Waals surface area contributed by atoms with E-state index in [1.165, 1.54) is 27.9 Å². The molecule has 2 nitrogen and oxygen atoms in total. The smallest absolute Gasteiger partial charge is 0.0466 e. The molecule has 0 aliphatic heterocycles. The van der Waals surface area contributed by atoms with Gasteiger partial charge >= 0.3 is 0 Å². The summed E-state index contributed by atoms with van der Waals surface area (Å²) in [4.78, 5) is 2.15. The van der Waals surface area contributed by atoms with Gasteiger partial charge in [0.05, 0.1) is 0 Å². The largest absolute Gasteiger partial charge is 0.377 e. The lowest BCUT2D eigenvalue weighted by Crippen LogP contribution is -2.13. The van der Waals surface area contributed by atoms with E-state index in [1.54, 1.807) is 0 Å². The molecule has 0 saturated carbocycles. The van der Waals surface area contributed by atoms with Gasteiger partial charge in [-0.2, -0.15) is 0 Å². The minimum atomic E-state index is 0.388. The van der Waals surface area contributed by atoms with Gasteiger partial charge in [-0.05, 0) is 42.6 Å². The number of hydrogen-bond donors (Lipinski definition) is 1. The highest BCUT2D eigenvalue weighted by Crippen LogP contribution is 2.25. The Hall–Kier alpha value is -2.32. The molecule has 1 atom stereocenters. The van der Waals surface area contributed by atoms with Crippen LogP contribution in [0.1, 0.15) is 42.1 Å². The molecule has 0 bridgehead atoms. The maximum atomic E-state index is 3.82. The summed E-state index contributed by atoms with van der Waals surface area (Å²) in [5.41, 5.74) is 6.39. The fraction of sp³-hybridized carbons (Fsp3) is 0.304. The quantitative estimate of drug-likeness (QED) is 0.742. The first-order chi connectivity index (χ1) is 12.0. The highest BCUT2D eigenvalue weighted by molar-refractivity contribution is 5.69. The van der Waals surface area contributed by atoms with Crippen molar-refractivity contribution < 1.29 is 0 Å². The highest BCUT2D eigenvalue weighted by Gasteiger charge is 2.06. The number of benzene rings is 2. The minimum Gasteiger partial charge on any atom is -0.377 e. The topological polar surface area (TPSA) is 15.3 Å². The SMILES string of the molecule is C=Cc1cccc(CC)c1N(C)C.C=Cc1ccccc1C(C)NC. The first-order valence-electron chi connectivity index (χ1n) is 8.80. The summed E-state index contributed by atoms with van der Waals surface area (Å²) in [6.45, 7) is 11.9. The van der Waals surface area contributed by atoms with Crippen molar-refractivity contribution in [2.45, 2.75) is 26.3 Å². The number of rotatable bonds is 6. The van der Waals surface area contributed by atoms with Gasteiger partial charge in [0.1, 0.15) is 0 Å². The second-order valence-corrected chi connectivity index (χ2v) is 6.15. The van der Waals surface area contributed by atoms with Crippen LogP contribution in [0.3, 0.4) is 0 Å². The van der Waals surface area contributed by atoms with Gasteiger partial charge in [-0.1, -0.05) is 74.7 Å². The van der Waals surface area contributed by atoms with Crippen molar-refractivity contribution in [3.63, 3.8) is 0 Å². The summed E-state index contributed by atoms with van der Waals surface area (Å²) in [5, 5.41) is 3.21. The van der Waals surface area contributed by atoms with Crippen molar-refractivity contribution in [3.05, 3.63) is 77.9 Å². The van der Waals surface area contributed by atoms with Crippen LogP contribution in [0.15, 0.2) is 55.6 Å². The Morgan fingerprint density at radius 1 is 1.00 bits per heavy atom. The summed E-state index contributed by atoms with van der Waals surface area (Å²) in [7, 11) is 6.10. The molecule has 0 saturated heterocycles. The first-order valence-corrected chi connectivity index (χ1v) is 8.80. The van der Waals surface area contributed by atoms with Gasteiger partial charge in [-0.3, -0.25) is 0 Å². The predicted molar refractivity (Wildman–Crippen MR) is 114 cm³/mol. The number of nitrogens with zero attached hydrogens (tertiary/aromatic N) is 1. The van der Waals surface area contributed by atoms with Gasteiger partial charge < -0.3 is 10.2 Å². The number of nitrogens with one attached hydrogen (secondary N) is 1. The maximum Gasteiger partial charge on any atom is 0.0466 e. The Kier molecular flexibility index (Phi) is 8.73. The van der Waals surface area contributed by atoms with E-state index in [0.29, 0.717) is 6.04 Å². The van der Waals surface area contributed by atoms with Crippen molar-refractivity contribution >= 4 is 17.8 Å². The molecule has 2 aromatic rings. The zero-order valence-corrected chi connectivity index (χ0v) is 16.3. The van der Waals surface area contributed by atoms with Crippen molar-refractivity contribution in [1.82, 2.24) is 5.32 Å². The van der Waals surface area contributed by atoms with Crippen LogP contribution in [-0.4, -0.2) is 21.1 Å². The summed E-state index contributed by atoms with van der Waals surface area (Å²) in [5.74, 6) is 0. The van der Waals surface area contributed by atoms with E-state index >= 15 is 0 Å². The van der Waals surface area contributed by atoms with Crippen LogP contribution >= 0.6 is 0 Å². The van der Waals surface area contributed by atoms with Gasteiger partial charge in [0.25, 0.3) is 0 Å². The van der Waals surface area contributed by atoms with Crippen molar-refractivity contribution in [2.24, 2.45) is 0 Å². The van der Waals surface area contributed by atoms with Crippen molar-refractivity contribution in [1.29, 1.82) is 0 Å². The number of anilines is 1. The lowest BCUT2D eigenvalue weighted by Gasteiger charge is -2.19. The molecule has 1 N–H and O–H groups in total. The number of para-hydroxylation sites is 1. The zero-order valence-electron chi connectivity index (χ0n) is 16.3. The van der Waals surface area contributed by atoms with Crippen LogP contribution in [0.2, 0.25) is 0 Å². The number of aryl methyl sites for hydroxylation is 1. The van der Waals surface area contributed by atoms with E-state index in [0.717, 1.165) is 6.42 Å². The summed E-state index contributed by atoms with van der Waals surface area (Å²) >= 11 is 0. The third-order valence-corrected chi connectivity index (χ3v) is 4.31. The lowest BCUT2D eigenvalue weighted by atomic mass is 10.0. The van der Waals surface area contributed by atoms with Crippen LogP contribution < -0.4 is 10.2 Å². The molecule has 25 heavy (non-hydrogen) atoms. The molecular weight excluding hydrogens is 304 g/mol. The van der Waals surface area contributed by atoms with Gasteiger partial charge in [-0.15, -0.1) is 0 Å². The first kappa shape index (κ1) is 20.7. The number of hydrogen-bond acceptors (Lipinski definition) is 2. The van der Waals surface area contributed by atoms with Crippen molar-refractivity contribution in [3.8, 4) is 0 Å². The molecule has 2 rings (SSSR count). The molecule has 134 valence electrons. The fourth-order valence-electron chi connectivity index (χ4n) is 2.85. The second kappa shape index (κ2) is 10.5. The average Bonchev–Trinajstić information content (AvgIpc) is 2.66. The molecule has 0 aliphatic carbocycles. The van der Waals surface area contributed by atoms with E-state index in [9.17, 15) is 0 Å². The minimum absolute atomic E-state index is 0.388. The molecule has 1 unspecified atom stereocenters. The molecule has 0 heterocycles. The van der Waals surface area contributed by atoms with Gasteiger partial charge in [0.2, 0.25) is 0 Å². The maximum absolute atomic E-state index is 3.82. The average molecular weight is 337 g/mol. The van der Waals surface area contributed by atoms with Crippen LogP contribution in [0, 0.1) is 0 Å². The molecule has 2 aromatic carbocycles. The van der Waals surface area contributed by atoms with Gasteiger partial charge in [-0.25, -0.2) is 0 Å². The third-order valence-electron chi connectivity index (χ3n) is 4.31. The van der Waals surface area contributed by atoms with Crippen LogP contribution in [0.5, 0.6) is 0 Å². The molecule has 0 aliphatic rings. The van der Waals surface area contributed by atoms with Gasteiger partial charge in [0, 0.05) is 25.8 Å². The summed E-state index contributed by atoms with van der Waals surface area (Å²) in [6, 6.07) is 15.0. The second-order valence-electron chi connectivity index (χ2n) is 6.15. The third kappa shape index (κ3) is 5.61. The molecular formula is C23H32N2. The standard InChI is InChI=1S/C12H17N.C11H15N/c1-5-10-8-7-9-11(6-2)12(10)13(3)4;1-4-10-7-5-6-8-11(10)9(2)12-3/h5,7-9H,1,6H2,2-4H3;4-9,12H,1H2,2-3H3. The Balaban J connectivity index is 0.000000251.